The first-order chi connectivity index (χ1) is 18.0. The summed E-state index contributed by atoms with van der Waals surface area (Å²) in [5, 5.41) is 10.1. The van der Waals surface area contributed by atoms with Crippen molar-refractivity contribution in [1.82, 2.24) is 24.6 Å². The maximum atomic E-state index is 13.2. The average Bonchev–Trinajstić information content (AvgIpc) is 3.31. The van der Waals surface area contributed by atoms with Gasteiger partial charge in [-0.15, -0.1) is 0 Å². The van der Waals surface area contributed by atoms with Crippen LogP contribution in [0.15, 0.2) is 55.0 Å². The molecule has 8 nitrogen and oxygen atoms in total. The number of hydrogen-bond acceptors (Lipinski definition) is 7. The molecule has 37 heavy (non-hydrogen) atoms. The Kier molecular flexibility index (Phi) is 7.67. The Morgan fingerprint density at radius 3 is 2.76 bits per heavy atom. The summed E-state index contributed by atoms with van der Waals surface area (Å²) >= 11 is 6.22. The molecule has 1 aromatic carbocycles. The fraction of sp³-hybridized carbons (Fsp3) is 0.357. The third-order valence-corrected chi connectivity index (χ3v) is 7.44. The lowest BCUT2D eigenvalue weighted by molar-refractivity contribution is 0.0983. The molecule has 1 saturated heterocycles. The normalized spacial score (nSPS) is 14.8. The minimum absolute atomic E-state index is 0.0258. The Morgan fingerprint density at radius 1 is 1.14 bits per heavy atom. The number of ketones is 1. The highest BCUT2D eigenvalue weighted by Gasteiger charge is 2.21. The first kappa shape index (κ1) is 25.2. The molecule has 1 fully saturated rings. The number of rotatable bonds is 9. The lowest BCUT2D eigenvalue weighted by Gasteiger charge is -2.32. The highest BCUT2D eigenvalue weighted by Crippen LogP contribution is 2.25. The quantitative estimate of drug-likeness (QED) is 0.309. The van der Waals surface area contributed by atoms with E-state index in [0.717, 1.165) is 55.4 Å². The van der Waals surface area contributed by atoms with E-state index in [-0.39, 0.29) is 5.78 Å². The summed E-state index contributed by atoms with van der Waals surface area (Å²) in [5.41, 5.74) is 8.82. The summed E-state index contributed by atoms with van der Waals surface area (Å²) in [4.78, 5) is 24.3. The molecule has 0 radical (unpaired) electrons. The number of carbonyl (C=O) groups is 1. The van der Waals surface area contributed by atoms with Gasteiger partial charge in [0.15, 0.2) is 5.78 Å². The molecule has 3 aromatic heterocycles. The van der Waals surface area contributed by atoms with E-state index >= 15 is 0 Å². The number of piperidine rings is 1. The average molecular weight is 518 g/mol. The molecule has 3 N–H and O–H groups in total. The van der Waals surface area contributed by atoms with Crippen molar-refractivity contribution in [1.29, 1.82) is 0 Å². The molecule has 1 aliphatic rings. The zero-order valence-corrected chi connectivity index (χ0v) is 21.8. The van der Waals surface area contributed by atoms with Gasteiger partial charge in [-0.25, -0.2) is 9.97 Å². The van der Waals surface area contributed by atoms with Gasteiger partial charge in [-0.05, 0) is 67.4 Å². The monoisotopic (exact) mass is 517 g/mol. The number of Topliss-reactive ketones (excluding diaryl/α,β-unsaturated/α-hetero) is 1. The van der Waals surface area contributed by atoms with Crippen LogP contribution in [0.2, 0.25) is 5.02 Å². The molecule has 4 aromatic rings. The van der Waals surface area contributed by atoms with Gasteiger partial charge in [0.25, 0.3) is 0 Å². The number of likely N-dealkylation sites (tertiary alicyclic amines) is 1. The smallest absolute Gasteiger partial charge is 0.166 e. The highest BCUT2D eigenvalue weighted by atomic mass is 35.5. The number of halogens is 1. The zero-order chi connectivity index (χ0) is 25.8. The number of nitrogens with zero attached hydrogens (tertiary/aromatic N) is 5. The summed E-state index contributed by atoms with van der Waals surface area (Å²) in [5.74, 6) is 1.68. The van der Waals surface area contributed by atoms with E-state index in [4.69, 9.17) is 17.3 Å². The molecule has 0 unspecified atom stereocenters. The number of pyridine rings is 2. The maximum absolute atomic E-state index is 13.2. The van der Waals surface area contributed by atoms with E-state index in [0.29, 0.717) is 41.0 Å². The van der Waals surface area contributed by atoms with Gasteiger partial charge >= 0.3 is 0 Å². The van der Waals surface area contributed by atoms with Gasteiger partial charge in [0.2, 0.25) is 0 Å². The van der Waals surface area contributed by atoms with Gasteiger partial charge in [-0.2, -0.15) is 5.10 Å². The van der Waals surface area contributed by atoms with Crippen molar-refractivity contribution in [3.05, 3.63) is 76.8 Å². The van der Waals surface area contributed by atoms with Crippen LogP contribution in [-0.2, 0) is 20.0 Å². The molecule has 1 aliphatic heterocycles. The van der Waals surface area contributed by atoms with E-state index in [2.05, 4.69) is 37.4 Å². The molecule has 192 valence electrons. The highest BCUT2D eigenvalue weighted by molar-refractivity contribution is 6.31. The first-order valence-electron chi connectivity index (χ1n) is 12.7. The summed E-state index contributed by atoms with van der Waals surface area (Å²) < 4.78 is 1.94. The van der Waals surface area contributed by atoms with Crippen molar-refractivity contribution in [2.24, 2.45) is 13.0 Å². The van der Waals surface area contributed by atoms with Crippen LogP contribution in [0, 0.1) is 5.92 Å². The third kappa shape index (κ3) is 6.09. The molecule has 0 bridgehead atoms. The number of nitrogens with one attached hydrogen (secondary N) is 1. The lowest BCUT2D eigenvalue weighted by atomic mass is 9.96. The Hall–Kier alpha value is -3.49. The number of benzene rings is 1. The summed E-state index contributed by atoms with van der Waals surface area (Å²) in [7, 11) is 1.99. The van der Waals surface area contributed by atoms with E-state index in [1.54, 1.807) is 18.5 Å². The summed E-state index contributed by atoms with van der Waals surface area (Å²) in [6.07, 6.45) is 8.34. The number of aromatic nitrogens is 4. The number of nitrogen functional groups attached to an aromatic ring is 1. The van der Waals surface area contributed by atoms with Gasteiger partial charge in [-0.3, -0.25) is 14.4 Å². The van der Waals surface area contributed by atoms with Gasteiger partial charge in [0.1, 0.15) is 11.6 Å². The second kappa shape index (κ2) is 11.3. The molecule has 4 heterocycles. The fourth-order valence-electron chi connectivity index (χ4n) is 4.97. The molecule has 9 heteroatoms. The number of hydrogen-bond donors (Lipinski definition) is 2. The SMILES string of the molecule is Cn1nccc1CN1CCC(CNc2ncc(Cl)cc2C(=O)CCc2ccc3c(N)nccc3c2)CC1. The van der Waals surface area contributed by atoms with Crippen LogP contribution in [-0.4, -0.2) is 50.1 Å². The van der Waals surface area contributed by atoms with E-state index in [1.807, 2.05) is 36.1 Å². The van der Waals surface area contributed by atoms with Crippen molar-refractivity contribution in [2.75, 3.05) is 30.7 Å². The van der Waals surface area contributed by atoms with Crippen LogP contribution in [0.5, 0.6) is 0 Å². The standard InChI is InChI=1S/C28H32ClN7O/c1-35-23(7-11-34-35)18-36-12-8-20(9-13-36)16-32-28-25(15-22(29)17-33-28)26(37)5-3-19-2-4-24-21(14-19)6-10-31-27(24)30/h2,4,6-7,10-11,14-15,17,20H,3,5,8-9,12-13,16,18H2,1H3,(H2,30,31)(H,32,33). The Bertz CT molecular complexity index is 1390. The zero-order valence-electron chi connectivity index (χ0n) is 21.0. The van der Waals surface area contributed by atoms with Crippen molar-refractivity contribution >= 4 is 39.8 Å². The van der Waals surface area contributed by atoms with Crippen LogP contribution in [0.1, 0.15) is 40.9 Å². The molecule has 0 saturated carbocycles. The minimum atomic E-state index is 0.0258. The van der Waals surface area contributed by atoms with Crippen molar-refractivity contribution in [3.63, 3.8) is 0 Å². The fourth-order valence-corrected chi connectivity index (χ4v) is 5.12. The van der Waals surface area contributed by atoms with Gasteiger partial charge in [-0.1, -0.05) is 29.8 Å². The number of carbonyl (C=O) groups excluding carboxylic acids is 1. The van der Waals surface area contributed by atoms with Crippen molar-refractivity contribution in [3.8, 4) is 0 Å². The van der Waals surface area contributed by atoms with Crippen LogP contribution >= 0.6 is 11.6 Å². The topological polar surface area (TPSA) is 102 Å². The number of aryl methyl sites for hydroxylation is 2. The molecule has 0 amide bonds. The van der Waals surface area contributed by atoms with Gasteiger partial charge in [0, 0.05) is 50.5 Å². The van der Waals surface area contributed by atoms with Crippen LogP contribution in [0.4, 0.5) is 11.6 Å². The lowest BCUT2D eigenvalue weighted by Crippen LogP contribution is -2.36. The van der Waals surface area contributed by atoms with Crippen molar-refractivity contribution in [2.45, 2.75) is 32.2 Å². The number of nitrogens with two attached hydrogens (primary N) is 1. The van der Waals surface area contributed by atoms with E-state index in [9.17, 15) is 4.79 Å². The molecule has 0 atom stereocenters. The maximum Gasteiger partial charge on any atom is 0.166 e. The number of anilines is 2. The molecule has 0 aliphatic carbocycles. The van der Waals surface area contributed by atoms with Crippen LogP contribution < -0.4 is 11.1 Å². The molecular weight excluding hydrogens is 486 g/mol. The second-order valence-electron chi connectivity index (χ2n) is 9.77. The Labute approximate surface area is 221 Å². The molecule has 5 rings (SSSR count). The molecular formula is C28H32ClN7O. The predicted molar refractivity (Wildman–Crippen MR) is 148 cm³/mol. The third-order valence-electron chi connectivity index (χ3n) is 7.23. The van der Waals surface area contributed by atoms with Crippen LogP contribution in [0.3, 0.4) is 0 Å². The Morgan fingerprint density at radius 2 is 1.97 bits per heavy atom. The van der Waals surface area contributed by atoms with E-state index < -0.39 is 0 Å². The minimum Gasteiger partial charge on any atom is -0.383 e. The van der Waals surface area contributed by atoms with E-state index in [1.165, 1.54) is 5.69 Å². The predicted octanol–water partition coefficient (Wildman–Crippen LogP) is 4.74. The van der Waals surface area contributed by atoms with Crippen LogP contribution in [0.25, 0.3) is 10.8 Å². The summed E-state index contributed by atoms with van der Waals surface area (Å²) in [6, 6.07) is 11.8. The molecule has 0 spiro atoms. The second-order valence-corrected chi connectivity index (χ2v) is 10.2. The summed E-state index contributed by atoms with van der Waals surface area (Å²) in [6.45, 7) is 3.81. The van der Waals surface area contributed by atoms with Crippen molar-refractivity contribution < 1.29 is 4.79 Å². The van der Waals surface area contributed by atoms with Gasteiger partial charge < -0.3 is 11.1 Å². The largest absolute Gasteiger partial charge is 0.383 e. The Balaban J connectivity index is 1.17. The van der Waals surface area contributed by atoms with Gasteiger partial charge in [0.05, 0.1) is 16.3 Å². The first-order valence-corrected chi connectivity index (χ1v) is 13.1. The number of fused-ring (bicyclic) bond motifs is 1.